The molecule has 0 spiro atoms. The zero-order valence-electron chi connectivity index (χ0n) is 14.6. The van der Waals surface area contributed by atoms with Crippen molar-refractivity contribution in [1.29, 1.82) is 0 Å². The summed E-state index contributed by atoms with van der Waals surface area (Å²) in [4.78, 5) is 23.6. The Hall–Kier alpha value is -3.48. The van der Waals surface area contributed by atoms with Crippen LogP contribution in [-0.4, -0.2) is 38.1 Å². The smallest absolute Gasteiger partial charge is 0.252 e. The number of allylic oxidation sites excluding steroid dienone is 1. The second-order valence-electron chi connectivity index (χ2n) is 5.25. The molecule has 2 aromatic rings. The Bertz CT molecular complexity index is 847. The van der Waals surface area contributed by atoms with Crippen molar-refractivity contribution < 1.29 is 28.9 Å². The Labute approximate surface area is 150 Å². The Kier molecular flexibility index (Phi) is 5.85. The lowest BCUT2D eigenvalue weighted by Gasteiger charge is -2.12. The van der Waals surface area contributed by atoms with Crippen molar-refractivity contribution in [3.8, 4) is 23.0 Å². The first-order valence-electron chi connectivity index (χ1n) is 7.56. The van der Waals surface area contributed by atoms with Crippen molar-refractivity contribution in [1.82, 2.24) is 0 Å². The minimum Gasteiger partial charge on any atom is -0.507 e. The van der Waals surface area contributed by atoms with Crippen LogP contribution in [-0.2, 0) is 0 Å². The maximum atomic E-state index is 12.3. The van der Waals surface area contributed by atoms with Gasteiger partial charge in [0.05, 0.1) is 26.9 Å². The molecule has 0 unspecified atom stereocenters. The van der Waals surface area contributed by atoms with Gasteiger partial charge in [0.2, 0.25) is 5.75 Å². The number of ketones is 1. The molecule has 0 saturated heterocycles. The molecule has 0 atom stereocenters. The number of carbonyl (C=O) groups is 2. The molecule has 1 amide bonds. The summed E-state index contributed by atoms with van der Waals surface area (Å²) in [5.41, 5.74) is 5.94. The highest BCUT2D eigenvalue weighted by atomic mass is 16.5. The first kappa shape index (κ1) is 18.9. The average molecular weight is 357 g/mol. The van der Waals surface area contributed by atoms with E-state index in [0.717, 1.165) is 0 Å². The number of rotatable bonds is 7. The number of nitrogens with two attached hydrogens (primary N) is 1. The molecule has 0 fully saturated rings. The zero-order chi connectivity index (χ0) is 19.3. The fourth-order valence-corrected chi connectivity index (χ4v) is 2.35. The third-order valence-corrected chi connectivity index (χ3v) is 3.66. The van der Waals surface area contributed by atoms with Gasteiger partial charge in [-0.05, 0) is 42.0 Å². The van der Waals surface area contributed by atoms with Crippen LogP contribution in [0.3, 0.4) is 0 Å². The summed E-state index contributed by atoms with van der Waals surface area (Å²) in [7, 11) is 4.50. The third-order valence-electron chi connectivity index (χ3n) is 3.66. The topological polar surface area (TPSA) is 108 Å². The molecule has 0 aromatic heterocycles. The zero-order valence-corrected chi connectivity index (χ0v) is 14.6. The standard InChI is InChI=1S/C19H19NO6/c1-24-16-8-11(9-17(25-2)18(16)26-3)4-6-14(21)12-5-7-15(22)13(10-12)19(20)23/h4-10,22H,1-3H3,(H2,20,23)/b6-4+. The summed E-state index contributed by atoms with van der Waals surface area (Å²) < 4.78 is 15.8. The molecular weight excluding hydrogens is 338 g/mol. The first-order valence-corrected chi connectivity index (χ1v) is 7.56. The maximum Gasteiger partial charge on any atom is 0.252 e. The SMILES string of the molecule is COc1cc(/C=C/C(=O)c2ccc(O)c(C(N)=O)c2)cc(OC)c1OC. The van der Waals surface area contributed by atoms with Crippen LogP contribution in [0.25, 0.3) is 6.08 Å². The van der Waals surface area contributed by atoms with Gasteiger partial charge in [-0.1, -0.05) is 6.08 Å². The van der Waals surface area contributed by atoms with E-state index in [-0.39, 0.29) is 22.7 Å². The highest BCUT2D eigenvalue weighted by Gasteiger charge is 2.13. The lowest BCUT2D eigenvalue weighted by Crippen LogP contribution is -2.12. The number of carbonyl (C=O) groups excluding carboxylic acids is 2. The number of aromatic hydroxyl groups is 1. The molecule has 2 aromatic carbocycles. The summed E-state index contributed by atoms with van der Waals surface area (Å²) in [5.74, 6) is -0.0861. The maximum absolute atomic E-state index is 12.3. The van der Waals surface area contributed by atoms with Crippen LogP contribution in [0.5, 0.6) is 23.0 Å². The Morgan fingerprint density at radius 3 is 2.12 bits per heavy atom. The molecular formula is C19H19NO6. The van der Waals surface area contributed by atoms with Crippen LogP contribution in [0, 0.1) is 0 Å². The van der Waals surface area contributed by atoms with E-state index in [1.54, 1.807) is 18.2 Å². The van der Waals surface area contributed by atoms with Gasteiger partial charge in [-0.15, -0.1) is 0 Å². The molecule has 0 aliphatic rings. The van der Waals surface area contributed by atoms with E-state index in [4.69, 9.17) is 19.9 Å². The van der Waals surface area contributed by atoms with E-state index in [1.165, 1.54) is 45.6 Å². The number of amides is 1. The fraction of sp³-hybridized carbons (Fsp3) is 0.158. The molecule has 7 nitrogen and oxygen atoms in total. The largest absolute Gasteiger partial charge is 0.507 e. The predicted molar refractivity (Wildman–Crippen MR) is 96.1 cm³/mol. The van der Waals surface area contributed by atoms with Gasteiger partial charge in [-0.2, -0.15) is 0 Å². The Morgan fingerprint density at radius 2 is 1.62 bits per heavy atom. The summed E-state index contributed by atoms with van der Waals surface area (Å²) in [6, 6.07) is 7.29. The van der Waals surface area contributed by atoms with Gasteiger partial charge >= 0.3 is 0 Å². The molecule has 0 saturated carbocycles. The van der Waals surface area contributed by atoms with Crippen LogP contribution < -0.4 is 19.9 Å². The van der Waals surface area contributed by atoms with Crippen LogP contribution in [0.1, 0.15) is 26.3 Å². The van der Waals surface area contributed by atoms with Crippen molar-refractivity contribution in [2.24, 2.45) is 5.73 Å². The number of hydrogen-bond donors (Lipinski definition) is 2. The predicted octanol–water partition coefficient (Wildman–Crippen LogP) is 2.41. The summed E-state index contributed by atoms with van der Waals surface area (Å²) in [5, 5.41) is 9.59. The van der Waals surface area contributed by atoms with Crippen molar-refractivity contribution in [3.05, 3.63) is 53.1 Å². The highest BCUT2D eigenvalue weighted by Crippen LogP contribution is 2.38. The number of benzene rings is 2. The number of hydrogen-bond acceptors (Lipinski definition) is 6. The lowest BCUT2D eigenvalue weighted by molar-refractivity contribution is 0.0997. The van der Waals surface area contributed by atoms with Crippen LogP contribution >= 0.6 is 0 Å². The molecule has 0 radical (unpaired) electrons. The fourth-order valence-electron chi connectivity index (χ4n) is 2.35. The summed E-state index contributed by atoms with van der Waals surface area (Å²) in [6.45, 7) is 0. The minimum atomic E-state index is -0.814. The van der Waals surface area contributed by atoms with Crippen molar-refractivity contribution in [2.75, 3.05) is 21.3 Å². The highest BCUT2D eigenvalue weighted by molar-refractivity contribution is 6.08. The summed E-state index contributed by atoms with van der Waals surface area (Å²) >= 11 is 0. The number of ether oxygens (including phenoxy) is 3. The van der Waals surface area contributed by atoms with E-state index in [1.807, 2.05) is 0 Å². The Balaban J connectivity index is 2.33. The lowest BCUT2D eigenvalue weighted by atomic mass is 10.0. The summed E-state index contributed by atoms with van der Waals surface area (Å²) in [6.07, 6.45) is 2.90. The molecule has 2 rings (SSSR count). The van der Waals surface area contributed by atoms with Gasteiger partial charge in [0.1, 0.15) is 5.75 Å². The van der Waals surface area contributed by atoms with Gasteiger partial charge < -0.3 is 25.1 Å². The van der Waals surface area contributed by atoms with E-state index in [9.17, 15) is 14.7 Å². The van der Waals surface area contributed by atoms with Crippen LogP contribution in [0.15, 0.2) is 36.4 Å². The monoisotopic (exact) mass is 357 g/mol. The molecule has 7 heteroatoms. The second kappa shape index (κ2) is 8.06. The number of phenols is 1. The first-order chi connectivity index (χ1) is 12.4. The quantitative estimate of drug-likeness (QED) is 0.582. The molecule has 0 aliphatic carbocycles. The van der Waals surface area contributed by atoms with Gasteiger partial charge in [-0.25, -0.2) is 0 Å². The van der Waals surface area contributed by atoms with Gasteiger partial charge in [0.25, 0.3) is 5.91 Å². The van der Waals surface area contributed by atoms with E-state index < -0.39 is 5.91 Å². The van der Waals surface area contributed by atoms with Gasteiger partial charge in [0.15, 0.2) is 17.3 Å². The molecule has 0 aliphatic heterocycles. The van der Waals surface area contributed by atoms with Gasteiger partial charge in [0, 0.05) is 5.56 Å². The van der Waals surface area contributed by atoms with E-state index in [0.29, 0.717) is 22.8 Å². The minimum absolute atomic E-state index is 0.114. The molecule has 26 heavy (non-hydrogen) atoms. The van der Waals surface area contributed by atoms with Crippen molar-refractivity contribution in [3.63, 3.8) is 0 Å². The normalized spacial score (nSPS) is 10.6. The molecule has 3 N–H and O–H groups in total. The third kappa shape index (κ3) is 3.94. The average Bonchev–Trinajstić information content (AvgIpc) is 2.65. The van der Waals surface area contributed by atoms with E-state index >= 15 is 0 Å². The van der Waals surface area contributed by atoms with E-state index in [2.05, 4.69) is 0 Å². The van der Waals surface area contributed by atoms with Crippen LogP contribution in [0.4, 0.5) is 0 Å². The van der Waals surface area contributed by atoms with Crippen molar-refractivity contribution in [2.45, 2.75) is 0 Å². The van der Waals surface area contributed by atoms with Crippen LogP contribution in [0.2, 0.25) is 0 Å². The van der Waals surface area contributed by atoms with Gasteiger partial charge in [-0.3, -0.25) is 9.59 Å². The molecule has 136 valence electrons. The molecule has 0 bridgehead atoms. The molecule has 0 heterocycles. The Morgan fingerprint density at radius 1 is 1.00 bits per heavy atom. The number of methoxy groups -OCH3 is 3. The number of primary amides is 1. The second-order valence-corrected chi connectivity index (χ2v) is 5.25. The van der Waals surface area contributed by atoms with Crippen molar-refractivity contribution >= 4 is 17.8 Å².